The number of hydrogen-bond donors (Lipinski definition) is 2. The molecule has 1 aromatic heterocycles. The lowest BCUT2D eigenvalue weighted by Crippen LogP contribution is -2.02. The van der Waals surface area contributed by atoms with Crippen molar-refractivity contribution < 1.29 is 4.39 Å². The van der Waals surface area contributed by atoms with Gasteiger partial charge in [-0.15, -0.1) is 0 Å². The van der Waals surface area contributed by atoms with Gasteiger partial charge in [-0.25, -0.2) is 0 Å². The van der Waals surface area contributed by atoms with Gasteiger partial charge in [-0.3, -0.25) is 0 Å². The molecule has 10 heavy (non-hydrogen) atoms. The second-order valence-corrected chi connectivity index (χ2v) is 1.95. The van der Waals surface area contributed by atoms with E-state index in [-0.39, 0.29) is 16.8 Å². The number of aromatic nitrogens is 2. The van der Waals surface area contributed by atoms with Crippen molar-refractivity contribution in [2.75, 3.05) is 11.5 Å². The maximum absolute atomic E-state index is 12.4. The summed E-state index contributed by atoms with van der Waals surface area (Å²) in [6, 6.07) is 0. The zero-order valence-corrected chi connectivity index (χ0v) is 5.56. The van der Waals surface area contributed by atoms with Gasteiger partial charge in [0.05, 0.1) is 0 Å². The molecule has 1 heterocycles. The van der Waals surface area contributed by atoms with Crippen LogP contribution < -0.4 is 11.5 Å². The molecule has 1 aromatic rings. The van der Waals surface area contributed by atoms with Crippen LogP contribution in [0.3, 0.4) is 0 Å². The van der Waals surface area contributed by atoms with E-state index in [2.05, 4.69) is 9.97 Å². The Bertz CT molecular complexity index is 240. The molecule has 0 atom stereocenters. The Morgan fingerprint density at radius 1 is 1.30 bits per heavy atom. The van der Waals surface area contributed by atoms with Crippen LogP contribution in [0.5, 0.6) is 0 Å². The van der Waals surface area contributed by atoms with Crippen LogP contribution in [0, 0.1) is 5.95 Å². The van der Waals surface area contributed by atoms with E-state index in [1.807, 2.05) is 0 Å². The lowest BCUT2D eigenvalue weighted by Gasteiger charge is -1.97. The predicted molar refractivity (Wildman–Crippen MR) is 35.8 cm³/mol. The lowest BCUT2D eigenvalue weighted by atomic mass is 10.6. The summed E-state index contributed by atoms with van der Waals surface area (Å²) < 4.78 is 12.4. The van der Waals surface area contributed by atoms with Gasteiger partial charge in [-0.05, 0) is 0 Å². The van der Waals surface area contributed by atoms with Crippen LogP contribution in [0.1, 0.15) is 0 Å². The fraction of sp³-hybridized carbons (Fsp3) is 0. The van der Waals surface area contributed by atoms with Crippen molar-refractivity contribution in [1.29, 1.82) is 0 Å². The number of nitrogens with zero attached hydrogens (tertiary/aromatic N) is 2. The highest BCUT2D eigenvalue weighted by molar-refractivity contribution is 6.32. The first-order chi connectivity index (χ1) is 4.61. The smallest absolute Gasteiger partial charge is 0.238 e. The Hall–Kier alpha value is -1.10. The third kappa shape index (κ3) is 1.08. The SMILES string of the molecule is Nc1nc(N)c(Cl)c(F)n1. The average Bonchev–Trinajstić information content (AvgIpc) is 1.82. The van der Waals surface area contributed by atoms with Crippen molar-refractivity contribution in [3.8, 4) is 0 Å². The molecule has 0 spiro atoms. The molecule has 0 fully saturated rings. The average molecular weight is 163 g/mol. The molecule has 0 aromatic carbocycles. The van der Waals surface area contributed by atoms with Gasteiger partial charge >= 0.3 is 0 Å². The zero-order chi connectivity index (χ0) is 7.72. The fourth-order valence-electron chi connectivity index (χ4n) is 0.453. The molecule has 1 rings (SSSR count). The highest BCUT2D eigenvalue weighted by atomic mass is 35.5. The monoisotopic (exact) mass is 162 g/mol. The normalized spacial score (nSPS) is 9.80. The van der Waals surface area contributed by atoms with Crippen LogP contribution in [0.4, 0.5) is 16.2 Å². The minimum atomic E-state index is -0.897. The van der Waals surface area contributed by atoms with Crippen LogP contribution in [0.2, 0.25) is 5.02 Å². The molecular weight excluding hydrogens is 159 g/mol. The molecule has 0 radical (unpaired) electrons. The van der Waals surface area contributed by atoms with E-state index < -0.39 is 5.95 Å². The first-order valence-electron chi connectivity index (χ1n) is 2.35. The molecule has 0 saturated heterocycles. The van der Waals surface area contributed by atoms with E-state index in [0.717, 1.165) is 0 Å². The van der Waals surface area contributed by atoms with Gasteiger partial charge in [0.25, 0.3) is 0 Å². The maximum Gasteiger partial charge on any atom is 0.238 e. The lowest BCUT2D eigenvalue weighted by molar-refractivity contribution is 0.584. The van der Waals surface area contributed by atoms with E-state index >= 15 is 0 Å². The van der Waals surface area contributed by atoms with Crippen LogP contribution in [-0.2, 0) is 0 Å². The Morgan fingerprint density at radius 3 is 2.40 bits per heavy atom. The molecule has 4 N–H and O–H groups in total. The van der Waals surface area contributed by atoms with Crippen LogP contribution >= 0.6 is 11.6 Å². The standard InChI is InChI=1S/C4H4ClFN4/c5-1-2(6)9-4(8)10-3(1)7/h(H4,7,8,9,10). The van der Waals surface area contributed by atoms with Gasteiger partial charge < -0.3 is 11.5 Å². The van der Waals surface area contributed by atoms with E-state index in [1.165, 1.54) is 0 Å². The number of halogens is 2. The van der Waals surface area contributed by atoms with Gasteiger partial charge in [0, 0.05) is 0 Å². The minimum absolute atomic E-state index is 0.147. The van der Waals surface area contributed by atoms with Crippen LogP contribution in [0.25, 0.3) is 0 Å². The summed E-state index contributed by atoms with van der Waals surface area (Å²) in [7, 11) is 0. The van der Waals surface area contributed by atoms with Crippen molar-refractivity contribution in [2.45, 2.75) is 0 Å². The quantitative estimate of drug-likeness (QED) is 0.543. The molecule has 0 bridgehead atoms. The Morgan fingerprint density at radius 2 is 1.90 bits per heavy atom. The maximum atomic E-state index is 12.4. The van der Waals surface area contributed by atoms with E-state index in [9.17, 15) is 4.39 Å². The minimum Gasteiger partial charge on any atom is -0.382 e. The molecule has 0 unspecified atom stereocenters. The molecule has 0 amide bonds. The molecule has 0 saturated carbocycles. The molecule has 0 aliphatic rings. The zero-order valence-electron chi connectivity index (χ0n) is 4.81. The third-order valence-electron chi connectivity index (χ3n) is 0.854. The van der Waals surface area contributed by atoms with Crippen molar-refractivity contribution in [3.63, 3.8) is 0 Å². The summed E-state index contributed by atoms with van der Waals surface area (Å²) in [5, 5.41) is -0.297. The number of rotatable bonds is 0. The predicted octanol–water partition coefficient (Wildman–Crippen LogP) is 0.434. The Balaban J connectivity index is 3.31. The first-order valence-corrected chi connectivity index (χ1v) is 2.73. The van der Waals surface area contributed by atoms with Crippen molar-refractivity contribution in [1.82, 2.24) is 9.97 Å². The third-order valence-corrected chi connectivity index (χ3v) is 1.20. The second-order valence-electron chi connectivity index (χ2n) is 1.57. The molecule has 4 nitrogen and oxygen atoms in total. The van der Waals surface area contributed by atoms with Gasteiger partial charge in [0.15, 0.2) is 5.82 Å². The molecule has 6 heteroatoms. The largest absolute Gasteiger partial charge is 0.382 e. The summed E-state index contributed by atoms with van der Waals surface area (Å²) in [5.74, 6) is -1.27. The summed E-state index contributed by atoms with van der Waals surface area (Å²) in [4.78, 5) is 6.53. The number of nitrogens with two attached hydrogens (primary N) is 2. The summed E-state index contributed by atoms with van der Waals surface area (Å²) >= 11 is 5.27. The van der Waals surface area contributed by atoms with Gasteiger partial charge in [-0.1, -0.05) is 11.6 Å². The molecule has 0 aliphatic carbocycles. The summed E-state index contributed by atoms with van der Waals surface area (Å²) in [6.07, 6.45) is 0. The van der Waals surface area contributed by atoms with Crippen molar-refractivity contribution in [2.24, 2.45) is 0 Å². The highest BCUT2D eigenvalue weighted by Gasteiger charge is 2.06. The second kappa shape index (κ2) is 2.26. The summed E-state index contributed by atoms with van der Waals surface area (Å²) in [6.45, 7) is 0. The van der Waals surface area contributed by atoms with Gasteiger partial charge in [-0.2, -0.15) is 14.4 Å². The molecule has 54 valence electrons. The molecular formula is C4H4ClFN4. The first kappa shape index (κ1) is 7.01. The van der Waals surface area contributed by atoms with Gasteiger partial charge in [0.2, 0.25) is 11.9 Å². The van der Waals surface area contributed by atoms with Crippen LogP contribution in [-0.4, -0.2) is 9.97 Å². The van der Waals surface area contributed by atoms with Crippen molar-refractivity contribution >= 4 is 23.4 Å². The van der Waals surface area contributed by atoms with E-state index in [4.69, 9.17) is 23.1 Å². The topological polar surface area (TPSA) is 77.8 Å². The number of hydrogen-bond acceptors (Lipinski definition) is 4. The van der Waals surface area contributed by atoms with E-state index in [1.54, 1.807) is 0 Å². The van der Waals surface area contributed by atoms with Gasteiger partial charge in [0.1, 0.15) is 5.02 Å². The number of anilines is 2. The highest BCUT2D eigenvalue weighted by Crippen LogP contribution is 2.18. The van der Waals surface area contributed by atoms with Crippen molar-refractivity contribution in [3.05, 3.63) is 11.0 Å². The number of nitrogen functional groups attached to an aromatic ring is 2. The van der Waals surface area contributed by atoms with Crippen LogP contribution in [0.15, 0.2) is 0 Å². The fourth-order valence-corrected chi connectivity index (χ4v) is 0.537. The Labute approximate surface area is 61.0 Å². The molecule has 0 aliphatic heterocycles. The Kier molecular flexibility index (Phi) is 1.58. The van der Waals surface area contributed by atoms with E-state index in [0.29, 0.717) is 0 Å². The summed E-state index contributed by atoms with van der Waals surface area (Å²) in [5.41, 5.74) is 10.1.